The van der Waals surface area contributed by atoms with Gasteiger partial charge in [-0.1, -0.05) is 109 Å². The predicted octanol–water partition coefficient (Wildman–Crippen LogP) is 7.26. The molecule has 0 aliphatic rings. The zero-order valence-corrected chi connectivity index (χ0v) is 26.0. The summed E-state index contributed by atoms with van der Waals surface area (Å²) < 4.78 is 26.0. The van der Waals surface area contributed by atoms with E-state index in [2.05, 4.69) is 11.4 Å². The predicted molar refractivity (Wildman–Crippen MR) is 155 cm³/mol. The SMILES string of the molecule is CCCCCCCCCCC(=O)O[C@@H](COC(=O)CCCCCCCCCCCSC(C)=O)COP(=O)(O)O. The Morgan fingerprint density at radius 1 is 0.692 bits per heavy atom. The van der Waals surface area contributed by atoms with E-state index in [1.165, 1.54) is 50.3 Å². The highest BCUT2D eigenvalue weighted by Gasteiger charge is 2.22. The molecule has 0 saturated carbocycles. The molecule has 0 aliphatic carbocycles. The van der Waals surface area contributed by atoms with Crippen molar-refractivity contribution in [3.8, 4) is 0 Å². The molecule has 9 nitrogen and oxygen atoms in total. The van der Waals surface area contributed by atoms with Crippen LogP contribution in [0.25, 0.3) is 0 Å². The maximum absolute atomic E-state index is 12.2. The first-order chi connectivity index (χ1) is 18.6. The van der Waals surface area contributed by atoms with E-state index in [9.17, 15) is 18.9 Å². The molecule has 39 heavy (non-hydrogen) atoms. The van der Waals surface area contributed by atoms with Gasteiger partial charge in [-0.15, -0.1) is 0 Å². The number of phosphoric acid groups is 1. The van der Waals surface area contributed by atoms with Crippen LogP contribution < -0.4 is 0 Å². The number of unbranched alkanes of at least 4 members (excludes halogenated alkanes) is 15. The van der Waals surface area contributed by atoms with E-state index in [1.54, 1.807) is 6.92 Å². The van der Waals surface area contributed by atoms with Crippen molar-refractivity contribution in [2.75, 3.05) is 19.0 Å². The first-order valence-electron chi connectivity index (χ1n) is 14.8. The Morgan fingerprint density at radius 3 is 1.64 bits per heavy atom. The fourth-order valence-electron chi connectivity index (χ4n) is 4.03. The van der Waals surface area contributed by atoms with Gasteiger partial charge in [0.15, 0.2) is 11.2 Å². The van der Waals surface area contributed by atoms with Crippen LogP contribution in [-0.4, -0.2) is 51.9 Å². The van der Waals surface area contributed by atoms with Gasteiger partial charge in [-0.25, -0.2) is 4.57 Å². The number of ether oxygens (including phenoxy) is 2. The first-order valence-corrected chi connectivity index (χ1v) is 17.3. The molecule has 230 valence electrons. The summed E-state index contributed by atoms with van der Waals surface area (Å²) in [6.45, 7) is 2.93. The number of rotatable bonds is 27. The molecular formula is C28H53O9PS. The summed E-state index contributed by atoms with van der Waals surface area (Å²) >= 11 is 1.39. The number of phosphoric ester groups is 1. The Balaban J connectivity index is 4.00. The third-order valence-corrected chi connectivity index (χ3v) is 7.61. The lowest BCUT2D eigenvalue weighted by atomic mass is 10.1. The van der Waals surface area contributed by atoms with E-state index >= 15 is 0 Å². The van der Waals surface area contributed by atoms with E-state index in [-0.39, 0.29) is 24.6 Å². The second-order valence-corrected chi connectivity index (χ2v) is 12.6. The Bertz CT molecular complexity index is 684. The largest absolute Gasteiger partial charge is 0.469 e. The van der Waals surface area contributed by atoms with Crippen LogP contribution in [0.2, 0.25) is 0 Å². The van der Waals surface area contributed by atoms with Gasteiger partial charge in [-0.05, 0) is 19.3 Å². The van der Waals surface area contributed by atoms with Crippen LogP contribution in [-0.2, 0) is 32.9 Å². The van der Waals surface area contributed by atoms with Crippen LogP contribution in [0.4, 0.5) is 0 Å². The topological polar surface area (TPSA) is 136 Å². The molecule has 0 aromatic heterocycles. The maximum atomic E-state index is 12.2. The molecule has 0 rings (SSSR count). The first kappa shape index (κ1) is 38.1. The molecule has 1 atom stereocenters. The summed E-state index contributed by atoms with van der Waals surface area (Å²) in [7, 11) is -4.74. The smallest absolute Gasteiger partial charge is 0.462 e. The third-order valence-electron chi connectivity index (χ3n) is 6.22. The zero-order valence-electron chi connectivity index (χ0n) is 24.2. The molecule has 0 fully saturated rings. The lowest BCUT2D eigenvalue weighted by Crippen LogP contribution is -2.29. The number of carbonyl (C=O) groups excluding carboxylic acids is 3. The minimum Gasteiger partial charge on any atom is -0.462 e. The van der Waals surface area contributed by atoms with Crippen molar-refractivity contribution in [1.29, 1.82) is 0 Å². The Hall–Kier alpha value is -0.930. The van der Waals surface area contributed by atoms with E-state index in [4.69, 9.17) is 19.3 Å². The number of esters is 2. The maximum Gasteiger partial charge on any atom is 0.469 e. The van der Waals surface area contributed by atoms with Crippen molar-refractivity contribution in [2.45, 2.75) is 142 Å². The van der Waals surface area contributed by atoms with Crippen molar-refractivity contribution < 1.29 is 42.7 Å². The van der Waals surface area contributed by atoms with Crippen molar-refractivity contribution in [1.82, 2.24) is 0 Å². The normalized spacial score (nSPS) is 12.3. The molecular weight excluding hydrogens is 543 g/mol. The number of hydrogen-bond donors (Lipinski definition) is 2. The van der Waals surface area contributed by atoms with E-state index in [0.29, 0.717) is 12.8 Å². The van der Waals surface area contributed by atoms with Gasteiger partial charge in [-0.3, -0.25) is 18.9 Å². The zero-order chi connectivity index (χ0) is 29.2. The van der Waals surface area contributed by atoms with E-state index in [0.717, 1.165) is 63.5 Å². The van der Waals surface area contributed by atoms with Gasteiger partial charge >= 0.3 is 19.8 Å². The average Bonchev–Trinajstić information content (AvgIpc) is 2.87. The highest BCUT2D eigenvalue weighted by atomic mass is 32.2. The summed E-state index contributed by atoms with van der Waals surface area (Å²) in [4.78, 5) is 53.1. The Labute approximate surface area is 240 Å². The van der Waals surface area contributed by atoms with Gasteiger partial charge in [-0.2, -0.15) is 0 Å². The summed E-state index contributed by atoms with van der Waals surface area (Å²) in [6.07, 6.45) is 17.6. The van der Waals surface area contributed by atoms with Crippen molar-refractivity contribution >= 4 is 36.6 Å². The second kappa shape index (κ2) is 26.0. The fourth-order valence-corrected chi connectivity index (χ4v) is 5.02. The molecule has 11 heteroatoms. The number of thioether (sulfide) groups is 1. The molecule has 0 aromatic carbocycles. The lowest BCUT2D eigenvalue weighted by Gasteiger charge is -2.18. The van der Waals surface area contributed by atoms with E-state index < -0.39 is 32.5 Å². The Morgan fingerprint density at radius 2 is 1.15 bits per heavy atom. The molecule has 0 bridgehead atoms. The molecule has 0 amide bonds. The molecule has 0 aromatic rings. The van der Waals surface area contributed by atoms with Crippen LogP contribution in [0.15, 0.2) is 0 Å². The molecule has 0 heterocycles. The van der Waals surface area contributed by atoms with E-state index in [1.807, 2.05) is 0 Å². The summed E-state index contributed by atoms with van der Waals surface area (Å²) in [5.41, 5.74) is 0. The molecule has 0 unspecified atom stereocenters. The van der Waals surface area contributed by atoms with Gasteiger partial charge in [0, 0.05) is 25.5 Å². The molecule has 0 spiro atoms. The highest BCUT2D eigenvalue weighted by molar-refractivity contribution is 8.13. The third kappa shape index (κ3) is 29.9. The van der Waals surface area contributed by atoms with Crippen LogP contribution in [0.3, 0.4) is 0 Å². The van der Waals surface area contributed by atoms with Crippen molar-refractivity contribution in [2.24, 2.45) is 0 Å². The van der Waals surface area contributed by atoms with Gasteiger partial charge in [0.05, 0.1) is 6.61 Å². The summed E-state index contributed by atoms with van der Waals surface area (Å²) in [5, 5.41) is 0.181. The molecule has 0 radical (unpaired) electrons. The van der Waals surface area contributed by atoms with Crippen LogP contribution in [0.1, 0.15) is 136 Å². The summed E-state index contributed by atoms with van der Waals surface area (Å²) in [5.74, 6) is -0.0185. The quantitative estimate of drug-likeness (QED) is 0.0566. The van der Waals surface area contributed by atoms with Crippen molar-refractivity contribution in [3.05, 3.63) is 0 Å². The van der Waals surface area contributed by atoms with Gasteiger partial charge in [0.2, 0.25) is 0 Å². The van der Waals surface area contributed by atoms with Gasteiger partial charge in [0.25, 0.3) is 0 Å². The molecule has 0 aliphatic heterocycles. The van der Waals surface area contributed by atoms with Gasteiger partial charge < -0.3 is 19.3 Å². The minimum atomic E-state index is -4.74. The monoisotopic (exact) mass is 596 g/mol. The molecule has 0 saturated heterocycles. The molecule has 2 N–H and O–H groups in total. The number of hydrogen-bond acceptors (Lipinski definition) is 8. The standard InChI is InChI=1S/C28H53O9PS/c1-3-4-5-6-7-11-15-18-21-28(31)37-26(24-36-38(32,33)34)23-35-27(30)20-17-14-12-9-8-10-13-16-19-22-39-25(2)29/h26H,3-24H2,1-2H3,(H2,32,33,34)/t26-/m0/s1. The van der Waals surface area contributed by atoms with Gasteiger partial charge in [0.1, 0.15) is 6.61 Å². The summed E-state index contributed by atoms with van der Waals surface area (Å²) in [6, 6.07) is 0. The van der Waals surface area contributed by atoms with Crippen LogP contribution in [0.5, 0.6) is 0 Å². The number of carbonyl (C=O) groups is 3. The highest BCUT2D eigenvalue weighted by Crippen LogP contribution is 2.35. The van der Waals surface area contributed by atoms with Crippen molar-refractivity contribution in [3.63, 3.8) is 0 Å². The van der Waals surface area contributed by atoms with Crippen LogP contribution >= 0.6 is 19.6 Å². The Kier molecular flexibility index (Phi) is 25.4. The lowest BCUT2D eigenvalue weighted by molar-refractivity contribution is -0.161. The minimum absolute atomic E-state index is 0.181. The van der Waals surface area contributed by atoms with Crippen LogP contribution in [0, 0.1) is 0 Å². The fraction of sp³-hybridized carbons (Fsp3) is 0.893. The average molecular weight is 597 g/mol. The second-order valence-electron chi connectivity index (χ2n) is 10.1.